The third kappa shape index (κ3) is 3.10. The van der Waals surface area contributed by atoms with E-state index in [1.165, 1.54) is 4.52 Å². The predicted molar refractivity (Wildman–Crippen MR) is 125 cm³/mol. The predicted octanol–water partition coefficient (Wildman–Crippen LogP) is 2.94. The molecule has 3 N–H and O–H groups in total. The number of aromatic nitrogens is 3. The Morgan fingerprint density at radius 1 is 1.22 bits per heavy atom. The van der Waals surface area contributed by atoms with Crippen LogP contribution in [-0.2, 0) is 6.42 Å². The Labute approximate surface area is 185 Å². The number of carbonyl (C=O) groups excluding carboxylic acids is 1. The zero-order valence-corrected chi connectivity index (χ0v) is 17.5. The average molecular weight is 421 g/mol. The number of fused-ring (bicyclic) bond motifs is 2. The molecule has 0 spiro atoms. The summed E-state index contributed by atoms with van der Waals surface area (Å²) < 4.78 is 3.65. The summed E-state index contributed by atoms with van der Waals surface area (Å²) in [5, 5.41) is 7.27. The fraction of sp³-hybridized carbons (Fsp3) is 0.120. The molecule has 7 nitrogen and oxygen atoms in total. The lowest BCUT2D eigenvalue weighted by Gasteiger charge is -2.13. The molecule has 1 aliphatic rings. The topological polar surface area (TPSA) is 88.3 Å². The van der Waals surface area contributed by atoms with Gasteiger partial charge >= 0.3 is 0 Å². The van der Waals surface area contributed by atoms with Gasteiger partial charge in [0.25, 0.3) is 5.91 Å². The van der Waals surface area contributed by atoms with Crippen molar-refractivity contribution in [2.75, 3.05) is 5.73 Å². The second-order valence-electron chi connectivity index (χ2n) is 7.64. The Morgan fingerprint density at radius 2 is 2.03 bits per heavy atom. The van der Waals surface area contributed by atoms with Crippen molar-refractivity contribution in [1.29, 1.82) is 0 Å². The average Bonchev–Trinajstić information content (AvgIpc) is 3.36. The Balaban J connectivity index is 1.57. The number of benzene rings is 2. The molecule has 0 saturated heterocycles. The van der Waals surface area contributed by atoms with Crippen molar-refractivity contribution < 1.29 is 4.79 Å². The van der Waals surface area contributed by atoms with Gasteiger partial charge in [0.05, 0.1) is 12.0 Å². The van der Waals surface area contributed by atoms with E-state index in [9.17, 15) is 4.79 Å². The molecule has 2 aromatic heterocycles. The van der Waals surface area contributed by atoms with Crippen molar-refractivity contribution in [3.05, 3.63) is 83.7 Å². The van der Waals surface area contributed by atoms with Crippen LogP contribution in [0.2, 0.25) is 0 Å². The maximum Gasteiger partial charge on any atom is 0.259 e. The molecular weight excluding hydrogens is 400 g/mol. The van der Waals surface area contributed by atoms with E-state index in [2.05, 4.69) is 32.0 Å². The number of anilines is 1. The standard InChI is InChI=1S/C25H20N6O/c1-3-17-9-7-10-18-15-20(31(22(17)18)19-11-5-4-6-12-19)16(2)28-25(32)21-23(26)29-30-14-8-13-27-24(21)30/h1,4-14,16H,15H2,2H3,(H2-,26,28,29,32)/p+1/t16-/m0/s1. The van der Waals surface area contributed by atoms with E-state index >= 15 is 0 Å². The van der Waals surface area contributed by atoms with E-state index in [-0.39, 0.29) is 23.3 Å². The third-order valence-electron chi connectivity index (χ3n) is 5.67. The number of hydrogen-bond acceptors (Lipinski definition) is 4. The molecule has 0 radical (unpaired) electrons. The van der Waals surface area contributed by atoms with E-state index in [1.54, 1.807) is 18.5 Å². The molecule has 7 heteroatoms. The van der Waals surface area contributed by atoms with Crippen LogP contribution < -0.4 is 15.6 Å². The van der Waals surface area contributed by atoms with E-state index in [1.807, 2.05) is 49.4 Å². The molecular formula is C25H21N6O+. The molecule has 0 saturated carbocycles. The summed E-state index contributed by atoms with van der Waals surface area (Å²) in [5.41, 5.74) is 11.7. The van der Waals surface area contributed by atoms with E-state index in [4.69, 9.17) is 12.2 Å². The van der Waals surface area contributed by atoms with Gasteiger partial charge < -0.3 is 11.1 Å². The molecule has 0 unspecified atom stereocenters. The lowest BCUT2D eigenvalue weighted by Crippen LogP contribution is -2.41. The lowest BCUT2D eigenvalue weighted by atomic mass is 10.0. The number of terminal acetylenes is 1. The van der Waals surface area contributed by atoms with Crippen LogP contribution in [0.15, 0.2) is 67.0 Å². The molecule has 0 bridgehead atoms. The molecule has 4 aromatic rings. The number of para-hydroxylation sites is 2. The quantitative estimate of drug-likeness (QED) is 0.392. The second-order valence-corrected chi connectivity index (χ2v) is 7.64. The van der Waals surface area contributed by atoms with Gasteiger partial charge in [-0.05, 0) is 19.1 Å². The number of rotatable bonds is 4. The monoisotopic (exact) mass is 421 g/mol. The first-order valence-electron chi connectivity index (χ1n) is 10.3. The molecule has 1 atom stereocenters. The minimum Gasteiger partial charge on any atom is -0.381 e. The van der Waals surface area contributed by atoms with Crippen LogP contribution in [0.25, 0.3) is 5.65 Å². The van der Waals surface area contributed by atoms with Crippen LogP contribution in [-0.4, -0.2) is 32.3 Å². The van der Waals surface area contributed by atoms with Gasteiger partial charge in [-0.2, -0.15) is 4.58 Å². The van der Waals surface area contributed by atoms with E-state index < -0.39 is 0 Å². The van der Waals surface area contributed by atoms with Crippen molar-refractivity contribution in [3.63, 3.8) is 0 Å². The summed E-state index contributed by atoms with van der Waals surface area (Å²) in [4.78, 5) is 17.5. The highest BCUT2D eigenvalue weighted by atomic mass is 16.1. The number of carbonyl (C=O) groups is 1. The first kappa shape index (κ1) is 19.5. The summed E-state index contributed by atoms with van der Waals surface area (Å²) in [6, 6.07) is 17.4. The fourth-order valence-corrected chi connectivity index (χ4v) is 4.22. The van der Waals surface area contributed by atoms with Gasteiger partial charge in [-0.3, -0.25) is 4.79 Å². The van der Waals surface area contributed by atoms with E-state index in [0.717, 1.165) is 28.2 Å². The highest BCUT2D eigenvalue weighted by Crippen LogP contribution is 2.34. The van der Waals surface area contributed by atoms with Gasteiger partial charge in [0.1, 0.15) is 11.6 Å². The van der Waals surface area contributed by atoms with Crippen molar-refractivity contribution >= 4 is 34.5 Å². The smallest absolute Gasteiger partial charge is 0.259 e. The molecule has 3 heterocycles. The zero-order chi connectivity index (χ0) is 22.2. The Bertz CT molecular complexity index is 1430. The van der Waals surface area contributed by atoms with Crippen LogP contribution in [0.1, 0.15) is 28.4 Å². The number of nitrogens with one attached hydrogen (secondary N) is 1. The van der Waals surface area contributed by atoms with Crippen LogP contribution >= 0.6 is 0 Å². The normalized spacial score (nSPS) is 13.6. The van der Waals surface area contributed by atoms with Gasteiger partial charge in [-0.25, -0.2) is 9.50 Å². The fourth-order valence-electron chi connectivity index (χ4n) is 4.22. The summed E-state index contributed by atoms with van der Waals surface area (Å²) in [5.74, 6) is 2.62. The minimum atomic E-state index is -0.322. The zero-order valence-electron chi connectivity index (χ0n) is 17.5. The summed E-state index contributed by atoms with van der Waals surface area (Å²) >= 11 is 0. The molecule has 1 aliphatic heterocycles. The van der Waals surface area contributed by atoms with Gasteiger partial charge in [-0.15, -0.1) is 11.5 Å². The van der Waals surface area contributed by atoms with Crippen LogP contribution in [0.3, 0.4) is 0 Å². The number of nitrogens with two attached hydrogens (primary N) is 1. The Morgan fingerprint density at radius 3 is 2.81 bits per heavy atom. The number of nitrogen functional groups attached to an aromatic ring is 1. The van der Waals surface area contributed by atoms with Crippen molar-refractivity contribution in [2.24, 2.45) is 0 Å². The molecule has 32 heavy (non-hydrogen) atoms. The van der Waals surface area contributed by atoms with Gasteiger partial charge in [0.15, 0.2) is 17.2 Å². The summed E-state index contributed by atoms with van der Waals surface area (Å²) in [6.07, 6.45) is 9.80. The summed E-state index contributed by atoms with van der Waals surface area (Å²) in [6.45, 7) is 1.96. The Hall–Kier alpha value is -4.44. The molecule has 2 aromatic carbocycles. The molecule has 5 rings (SSSR count). The van der Waals surface area contributed by atoms with Crippen LogP contribution in [0.5, 0.6) is 0 Å². The van der Waals surface area contributed by atoms with Crippen molar-refractivity contribution in [1.82, 2.24) is 24.5 Å². The highest BCUT2D eigenvalue weighted by Gasteiger charge is 2.37. The second kappa shape index (κ2) is 7.67. The number of nitrogens with zero attached hydrogens (tertiary/aromatic N) is 4. The van der Waals surface area contributed by atoms with Gasteiger partial charge in [-0.1, -0.05) is 36.3 Å². The van der Waals surface area contributed by atoms with Crippen molar-refractivity contribution in [2.45, 2.75) is 19.4 Å². The first-order valence-corrected chi connectivity index (χ1v) is 10.3. The first-order chi connectivity index (χ1) is 15.6. The SMILES string of the molecule is C#Cc1cccc2c1[N+](c1ccccc1)=C([C@H](C)NC(=O)c1c(N)nn3cccnc13)C2. The highest BCUT2D eigenvalue weighted by molar-refractivity contribution is 6.08. The number of amides is 1. The van der Waals surface area contributed by atoms with Gasteiger partial charge in [0, 0.05) is 30.1 Å². The number of hydrogen-bond donors (Lipinski definition) is 2. The maximum atomic E-state index is 13.2. The minimum absolute atomic E-state index is 0.141. The Kier molecular flexibility index (Phi) is 4.68. The lowest BCUT2D eigenvalue weighted by molar-refractivity contribution is 0.0951. The van der Waals surface area contributed by atoms with Crippen LogP contribution in [0.4, 0.5) is 17.2 Å². The molecule has 156 valence electrons. The molecule has 0 fully saturated rings. The summed E-state index contributed by atoms with van der Waals surface area (Å²) in [7, 11) is 0. The largest absolute Gasteiger partial charge is 0.381 e. The van der Waals surface area contributed by atoms with Crippen LogP contribution in [0, 0.1) is 12.3 Å². The van der Waals surface area contributed by atoms with Crippen molar-refractivity contribution in [3.8, 4) is 12.3 Å². The van der Waals surface area contributed by atoms with E-state index in [0.29, 0.717) is 12.1 Å². The third-order valence-corrected chi connectivity index (χ3v) is 5.67. The molecule has 1 amide bonds. The molecule has 0 aliphatic carbocycles. The maximum absolute atomic E-state index is 13.2. The van der Waals surface area contributed by atoms with Gasteiger partial charge in [0.2, 0.25) is 11.4 Å².